The molecular weight excluding hydrogens is 394 g/mol. The van der Waals surface area contributed by atoms with E-state index in [0.29, 0.717) is 45.8 Å². The number of rotatable bonds is 18. The number of hydrogen-bond donors (Lipinski definition) is 0. The topological polar surface area (TPSA) is 72.9 Å². The predicted octanol–water partition coefficient (Wildman–Crippen LogP) is 4.05. The highest BCUT2D eigenvalue weighted by Gasteiger charge is 2.32. The molecule has 31 heavy (non-hydrogen) atoms. The molecule has 0 bridgehead atoms. The van der Waals surface area contributed by atoms with Gasteiger partial charge in [-0.1, -0.05) is 55.4 Å². The van der Waals surface area contributed by atoms with E-state index in [1.165, 1.54) is 0 Å². The van der Waals surface area contributed by atoms with Gasteiger partial charge < -0.3 is 9.47 Å². The van der Waals surface area contributed by atoms with Crippen molar-refractivity contribution >= 4 is 17.3 Å². The number of Topliss-reactive ketones (excluding diaryl/α,β-unsaturated/α-hetero) is 3. The molecule has 0 aromatic heterocycles. The maximum Gasteiger partial charge on any atom is 0.150 e. The first kappa shape index (κ1) is 29.9. The van der Waals surface area contributed by atoms with Crippen molar-refractivity contribution in [2.75, 3.05) is 40.0 Å². The second kappa shape index (κ2) is 15.7. The van der Waals surface area contributed by atoms with Crippen molar-refractivity contribution in [3.05, 3.63) is 0 Å². The molecule has 0 rings (SSSR count). The molecule has 0 aromatic rings. The van der Waals surface area contributed by atoms with E-state index in [2.05, 4.69) is 0 Å². The van der Waals surface area contributed by atoms with Crippen LogP contribution in [0.4, 0.5) is 0 Å². The molecule has 0 radical (unpaired) electrons. The predicted molar refractivity (Wildman–Crippen MR) is 125 cm³/mol. The average molecular weight is 442 g/mol. The maximum atomic E-state index is 13.1. The van der Waals surface area contributed by atoms with Gasteiger partial charge >= 0.3 is 0 Å². The first-order valence-corrected chi connectivity index (χ1v) is 11.8. The first-order chi connectivity index (χ1) is 14.4. The zero-order valence-electron chi connectivity index (χ0n) is 21.4. The molecule has 0 unspecified atom stereocenters. The summed E-state index contributed by atoms with van der Waals surface area (Å²) in [4.78, 5) is 39.2. The van der Waals surface area contributed by atoms with Crippen LogP contribution in [0.25, 0.3) is 0 Å². The van der Waals surface area contributed by atoms with Crippen molar-refractivity contribution < 1.29 is 23.9 Å². The second-order valence-corrected chi connectivity index (χ2v) is 9.84. The van der Waals surface area contributed by atoms with E-state index in [4.69, 9.17) is 9.47 Å². The van der Waals surface area contributed by atoms with Crippen molar-refractivity contribution in [2.45, 2.75) is 74.3 Å². The molecule has 0 amide bonds. The Morgan fingerprint density at radius 2 is 1.26 bits per heavy atom. The molecule has 0 heterocycles. The van der Waals surface area contributed by atoms with Gasteiger partial charge in [-0.15, -0.1) is 0 Å². The van der Waals surface area contributed by atoms with Crippen LogP contribution < -0.4 is 0 Å². The van der Waals surface area contributed by atoms with Gasteiger partial charge in [0.05, 0.1) is 32.5 Å². The highest BCUT2D eigenvalue weighted by atomic mass is 16.5. The van der Waals surface area contributed by atoms with Crippen LogP contribution >= 0.6 is 0 Å². The summed E-state index contributed by atoms with van der Waals surface area (Å²) >= 11 is 0. The first-order valence-electron chi connectivity index (χ1n) is 11.8. The molecule has 0 aromatic carbocycles. The summed E-state index contributed by atoms with van der Waals surface area (Å²) < 4.78 is 11.1. The minimum absolute atomic E-state index is 0.0475. The third-order valence-corrected chi connectivity index (χ3v) is 5.69. The fraction of sp³-hybridized carbons (Fsp3) is 0.880. The molecule has 0 fully saturated rings. The van der Waals surface area contributed by atoms with Crippen LogP contribution in [-0.2, 0) is 23.9 Å². The molecule has 6 heteroatoms. The van der Waals surface area contributed by atoms with Gasteiger partial charge in [-0.2, -0.15) is 0 Å². The van der Waals surface area contributed by atoms with E-state index < -0.39 is 0 Å². The van der Waals surface area contributed by atoms with E-state index >= 15 is 0 Å². The fourth-order valence-corrected chi connectivity index (χ4v) is 3.69. The maximum absolute atomic E-state index is 13.1. The number of ketones is 3. The van der Waals surface area contributed by atoms with Gasteiger partial charge in [0.2, 0.25) is 0 Å². The summed E-state index contributed by atoms with van der Waals surface area (Å²) in [6.45, 7) is 18.2. The summed E-state index contributed by atoms with van der Waals surface area (Å²) in [7, 11) is 1.94. The number of likely N-dealkylation sites (N-methyl/N-ethyl adjacent to an activating group) is 1. The monoisotopic (exact) mass is 441 g/mol. The molecule has 0 aliphatic heterocycles. The van der Waals surface area contributed by atoms with Crippen molar-refractivity contribution in [1.29, 1.82) is 0 Å². The Balaban J connectivity index is 4.46. The van der Waals surface area contributed by atoms with Crippen LogP contribution in [0, 0.1) is 29.6 Å². The summed E-state index contributed by atoms with van der Waals surface area (Å²) in [5.41, 5.74) is 0. The zero-order chi connectivity index (χ0) is 24.1. The van der Waals surface area contributed by atoms with Gasteiger partial charge in [0.1, 0.15) is 11.6 Å². The molecule has 0 aliphatic rings. The van der Waals surface area contributed by atoms with Crippen LogP contribution in [0.3, 0.4) is 0 Å². The number of nitrogens with zero attached hydrogens (tertiary/aromatic N) is 1. The van der Waals surface area contributed by atoms with E-state index in [1.807, 2.05) is 67.3 Å². The lowest BCUT2D eigenvalue weighted by atomic mass is 9.80. The van der Waals surface area contributed by atoms with Gasteiger partial charge in [-0.05, 0) is 18.9 Å². The lowest BCUT2D eigenvalue weighted by molar-refractivity contribution is -0.134. The quantitative estimate of drug-likeness (QED) is 0.299. The van der Waals surface area contributed by atoms with E-state index in [1.54, 1.807) is 0 Å². The van der Waals surface area contributed by atoms with Crippen molar-refractivity contribution in [1.82, 2.24) is 4.90 Å². The van der Waals surface area contributed by atoms with Crippen molar-refractivity contribution in [3.8, 4) is 0 Å². The summed E-state index contributed by atoms with van der Waals surface area (Å²) in [5.74, 6) is 0.577. The largest absolute Gasteiger partial charge is 0.379 e. The lowest BCUT2D eigenvalue weighted by Crippen LogP contribution is -2.45. The molecular formula is C25H47NO5. The van der Waals surface area contributed by atoms with Gasteiger partial charge in [0, 0.05) is 37.1 Å². The second-order valence-electron chi connectivity index (χ2n) is 9.84. The van der Waals surface area contributed by atoms with Gasteiger partial charge in [0.25, 0.3) is 0 Å². The number of ether oxygens (including phenoxy) is 2. The molecule has 0 spiro atoms. The van der Waals surface area contributed by atoms with Crippen LogP contribution in [0.15, 0.2) is 0 Å². The zero-order valence-corrected chi connectivity index (χ0v) is 21.4. The molecule has 0 N–H and O–H groups in total. The Hall–Kier alpha value is -1.11. The normalized spacial score (nSPS) is 14.1. The third-order valence-electron chi connectivity index (χ3n) is 5.69. The van der Waals surface area contributed by atoms with Crippen LogP contribution in [0.1, 0.15) is 68.2 Å². The fourth-order valence-electron chi connectivity index (χ4n) is 3.69. The van der Waals surface area contributed by atoms with Crippen LogP contribution in [-0.4, -0.2) is 68.3 Å². The summed E-state index contributed by atoms with van der Waals surface area (Å²) in [5, 5.41) is 0. The number of carbonyl (C=O) groups excluding carboxylic acids is 3. The van der Waals surface area contributed by atoms with Gasteiger partial charge in [0.15, 0.2) is 5.78 Å². The molecule has 0 saturated heterocycles. The summed E-state index contributed by atoms with van der Waals surface area (Å²) in [6, 6.07) is -0.233. The highest BCUT2D eigenvalue weighted by Crippen LogP contribution is 2.24. The van der Waals surface area contributed by atoms with E-state index in [9.17, 15) is 14.4 Å². The summed E-state index contributed by atoms with van der Waals surface area (Å²) in [6.07, 6.45) is 0.737. The average Bonchev–Trinajstić information content (AvgIpc) is 2.66. The molecule has 6 nitrogen and oxygen atoms in total. The highest BCUT2D eigenvalue weighted by molar-refractivity contribution is 5.91. The molecule has 182 valence electrons. The molecule has 0 aliphatic carbocycles. The SMILES string of the molecule is CC(C)C(=O)CCOCCOCCN(C)[C@H](C(=O)C[C@H](C(=O)C(C)C)C(C)C)C(C)C. The minimum Gasteiger partial charge on any atom is -0.379 e. The van der Waals surface area contributed by atoms with Gasteiger partial charge in [-0.3, -0.25) is 19.3 Å². The smallest absolute Gasteiger partial charge is 0.150 e. The Labute approximate surface area is 190 Å². The third kappa shape index (κ3) is 11.9. The van der Waals surface area contributed by atoms with E-state index in [-0.39, 0.29) is 53.0 Å². The molecule has 2 atom stereocenters. The molecule has 0 saturated carbocycles. The Morgan fingerprint density at radius 3 is 1.71 bits per heavy atom. The standard InChI is InChI=1S/C25H47NO5/c1-17(2)21(25(29)20(7)8)16-23(28)24(19(5)6)26(9)11-13-31-15-14-30-12-10-22(27)18(3)4/h17-21,24H,10-16H2,1-9H3/t21-,24-/m0/s1. The Bertz CT molecular complexity index is 542. The van der Waals surface area contributed by atoms with Crippen LogP contribution in [0.5, 0.6) is 0 Å². The minimum atomic E-state index is -0.233. The lowest BCUT2D eigenvalue weighted by Gasteiger charge is -2.32. The van der Waals surface area contributed by atoms with E-state index in [0.717, 1.165) is 0 Å². The number of hydrogen-bond acceptors (Lipinski definition) is 6. The van der Waals surface area contributed by atoms with Crippen molar-refractivity contribution in [3.63, 3.8) is 0 Å². The Kier molecular flexibility index (Phi) is 15.1. The Morgan fingerprint density at radius 1 is 0.710 bits per heavy atom. The van der Waals surface area contributed by atoms with Crippen molar-refractivity contribution in [2.24, 2.45) is 29.6 Å². The number of carbonyl (C=O) groups is 3. The van der Waals surface area contributed by atoms with Gasteiger partial charge in [-0.25, -0.2) is 0 Å². The van der Waals surface area contributed by atoms with Crippen LogP contribution in [0.2, 0.25) is 0 Å².